The zero-order chi connectivity index (χ0) is 17.4. The van der Waals surface area contributed by atoms with E-state index in [1.807, 2.05) is 6.07 Å². The fraction of sp³-hybridized carbons (Fsp3) is 0.588. The minimum atomic E-state index is -3.38. The average molecular weight is 480 g/mol. The molecule has 2 rings (SSSR count). The minimum absolute atomic E-state index is 0. The second-order valence-electron chi connectivity index (χ2n) is 5.96. The van der Waals surface area contributed by atoms with Gasteiger partial charge in [0.2, 0.25) is 10.0 Å². The van der Waals surface area contributed by atoms with Gasteiger partial charge in [-0.2, -0.15) is 4.31 Å². The van der Waals surface area contributed by atoms with Crippen LogP contribution in [0, 0.1) is 0 Å². The van der Waals surface area contributed by atoms with Crippen LogP contribution in [0.15, 0.2) is 34.2 Å². The van der Waals surface area contributed by atoms with Crippen molar-refractivity contribution in [2.75, 3.05) is 26.7 Å². The molecule has 142 valence electrons. The first-order valence-corrected chi connectivity index (χ1v) is 10.1. The van der Waals surface area contributed by atoms with Crippen LogP contribution in [0.25, 0.3) is 0 Å². The van der Waals surface area contributed by atoms with Gasteiger partial charge in [0.25, 0.3) is 0 Å². The molecule has 1 heterocycles. The van der Waals surface area contributed by atoms with Crippen molar-refractivity contribution in [1.82, 2.24) is 14.9 Å². The highest BCUT2D eigenvalue weighted by atomic mass is 127. The maximum Gasteiger partial charge on any atom is 0.243 e. The third-order valence-corrected chi connectivity index (χ3v) is 5.97. The molecule has 25 heavy (non-hydrogen) atoms. The summed E-state index contributed by atoms with van der Waals surface area (Å²) < 4.78 is 27.1. The van der Waals surface area contributed by atoms with Crippen molar-refractivity contribution in [2.24, 2.45) is 4.99 Å². The predicted octanol–water partition coefficient (Wildman–Crippen LogP) is 2.55. The Hall–Kier alpha value is -0.870. The van der Waals surface area contributed by atoms with Gasteiger partial charge in [0, 0.05) is 33.2 Å². The predicted molar refractivity (Wildman–Crippen MR) is 113 cm³/mol. The molecule has 1 fully saturated rings. The number of halogens is 1. The lowest BCUT2D eigenvalue weighted by molar-refractivity contribution is 0.346. The molecular formula is C17H29IN4O2S. The highest BCUT2D eigenvalue weighted by Gasteiger charge is 2.25. The Morgan fingerprint density at radius 2 is 1.92 bits per heavy atom. The third kappa shape index (κ3) is 6.41. The summed E-state index contributed by atoms with van der Waals surface area (Å²) in [7, 11) is -1.66. The molecule has 0 unspecified atom stereocenters. The third-order valence-electron chi connectivity index (χ3n) is 4.08. The van der Waals surface area contributed by atoms with Gasteiger partial charge in [0.15, 0.2) is 5.96 Å². The van der Waals surface area contributed by atoms with E-state index in [2.05, 4.69) is 22.5 Å². The summed E-state index contributed by atoms with van der Waals surface area (Å²) in [6, 6.07) is 7.16. The molecule has 1 aromatic rings. The summed E-state index contributed by atoms with van der Waals surface area (Å²) in [5.74, 6) is 0.723. The molecule has 0 spiro atoms. The lowest BCUT2D eigenvalue weighted by Gasteiger charge is -2.26. The van der Waals surface area contributed by atoms with E-state index in [1.165, 1.54) is 0 Å². The molecule has 0 aliphatic carbocycles. The van der Waals surface area contributed by atoms with E-state index in [1.54, 1.807) is 29.6 Å². The molecule has 1 aliphatic rings. The molecule has 1 aromatic carbocycles. The Bertz CT molecular complexity index is 658. The molecule has 0 radical (unpaired) electrons. The second kappa shape index (κ2) is 11.0. The van der Waals surface area contributed by atoms with Crippen molar-refractivity contribution < 1.29 is 8.42 Å². The maximum atomic E-state index is 12.7. The smallest absolute Gasteiger partial charge is 0.243 e. The SMILES string of the molecule is CCCNC(=NC)NCc1cccc(S(=O)(=O)N2CCCCC2)c1.I. The van der Waals surface area contributed by atoms with Gasteiger partial charge in [-0.1, -0.05) is 25.5 Å². The zero-order valence-corrected chi connectivity index (χ0v) is 18.1. The Morgan fingerprint density at radius 3 is 2.56 bits per heavy atom. The van der Waals surface area contributed by atoms with Crippen LogP contribution in [-0.2, 0) is 16.6 Å². The molecule has 6 nitrogen and oxygen atoms in total. The van der Waals surface area contributed by atoms with Gasteiger partial charge in [0.1, 0.15) is 0 Å². The van der Waals surface area contributed by atoms with Gasteiger partial charge in [-0.25, -0.2) is 8.42 Å². The number of hydrogen-bond donors (Lipinski definition) is 2. The molecule has 0 bridgehead atoms. The van der Waals surface area contributed by atoms with Crippen molar-refractivity contribution in [3.05, 3.63) is 29.8 Å². The van der Waals surface area contributed by atoms with Crippen LogP contribution in [0.2, 0.25) is 0 Å². The Morgan fingerprint density at radius 1 is 1.20 bits per heavy atom. The first-order chi connectivity index (χ1) is 11.6. The zero-order valence-electron chi connectivity index (χ0n) is 15.0. The molecule has 0 amide bonds. The van der Waals surface area contributed by atoms with Gasteiger partial charge in [-0.3, -0.25) is 4.99 Å². The average Bonchev–Trinajstić information content (AvgIpc) is 2.63. The number of nitrogens with zero attached hydrogens (tertiary/aromatic N) is 2. The summed E-state index contributed by atoms with van der Waals surface area (Å²) in [4.78, 5) is 4.53. The van der Waals surface area contributed by atoms with Crippen LogP contribution in [-0.4, -0.2) is 45.4 Å². The van der Waals surface area contributed by atoms with Crippen molar-refractivity contribution in [2.45, 2.75) is 44.0 Å². The van der Waals surface area contributed by atoms with E-state index in [0.717, 1.165) is 43.8 Å². The highest BCUT2D eigenvalue weighted by Crippen LogP contribution is 2.21. The number of piperidine rings is 1. The molecule has 0 atom stereocenters. The summed E-state index contributed by atoms with van der Waals surface area (Å²) in [6.07, 6.45) is 4.02. The first-order valence-electron chi connectivity index (χ1n) is 8.61. The van der Waals surface area contributed by atoms with Crippen LogP contribution in [0.3, 0.4) is 0 Å². The number of hydrogen-bond acceptors (Lipinski definition) is 3. The van der Waals surface area contributed by atoms with Gasteiger partial charge < -0.3 is 10.6 Å². The standard InChI is InChI=1S/C17H28N4O2S.HI/c1-3-10-19-17(18-2)20-14-15-8-7-9-16(13-15)24(22,23)21-11-5-4-6-12-21;/h7-9,13H,3-6,10-12,14H2,1-2H3,(H2,18,19,20);1H. The fourth-order valence-electron chi connectivity index (χ4n) is 2.72. The maximum absolute atomic E-state index is 12.7. The van der Waals surface area contributed by atoms with Crippen LogP contribution >= 0.6 is 24.0 Å². The summed E-state index contributed by atoms with van der Waals surface area (Å²) >= 11 is 0. The normalized spacial score (nSPS) is 16.2. The number of aliphatic imine (C=N–C) groups is 1. The van der Waals surface area contributed by atoms with E-state index >= 15 is 0 Å². The number of guanidine groups is 1. The highest BCUT2D eigenvalue weighted by molar-refractivity contribution is 14.0. The lowest BCUT2D eigenvalue weighted by atomic mass is 10.2. The summed E-state index contributed by atoms with van der Waals surface area (Å²) in [5, 5.41) is 6.41. The number of sulfonamides is 1. The van der Waals surface area contributed by atoms with Gasteiger partial charge in [-0.15, -0.1) is 24.0 Å². The van der Waals surface area contributed by atoms with Crippen LogP contribution in [0.1, 0.15) is 38.2 Å². The Labute approximate surface area is 168 Å². The fourth-order valence-corrected chi connectivity index (χ4v) is 4.31. The second-order valence-corrected chi connectivity index (χ2v) is 7.90. The van der Waals surface area contributed by atoms with Crippen LogP contribution in [0.5, 0.6) is 0 Å². The lowest BCUT2D eigenvalue weighted by Crippen LogP contribution is -2.37. The molecule has 2 N–H and O–H groups in total. The van der Waals surface area contributed by atoms with E-state index in [4.69, 9.17) is 0 Å². The molecular weight excluding hydrogens is 451 g/mol. The van der Waals surface area contributed by atoms with Crippen molar-refractivity contribution in [3.8, 4) is 0 Å². The van der Waals surface area contributed by atoms with E-state index in [0.29, 0.717) is 24.5 Å². The van der Waals surface area contributed by atoms with E-state index in [-0.39, 0.29) is 24.0 Å². The van der Waals surface area contributed by atoms with Crippen molar-refractivity contribution >= 4 is 40.0 Å². The van der Waals surface area contributed by atoms with Crippen LogP contribution < -0.4 is 10.6 Å². The number of benzene rings is 1. The van der Waals surface area contributed by atoms with E-state index in [9.17, 15) is 8.42 Å². The largest absolute Gasteiger partial charge is 0.356 e. The molecule has 1 aliphatic heterocycles. The first kappa shape index (κ1) is 22.2. The quantitative estimate of drug-likeness (QED) is 0.373. The molecule has 8 heteroatoms. The summed E-state index contributed by atoms with van der Waals surface area (Å²) in [5.41, 5.74) is 0.924. The van der Waals surface area contributed by atoms with Gasteiger partial charge in [-0.05, 0) is 37.0 Å². The Balaban J connectivity index is 0.00000312. The number of rotatable bonds is 6. The minimum Gasteiger partial charge on any atom is -0.356 e. The van der Waals surface area contributed by atoms with Gasteiger partial charge >= 0.3 is 0 Å². The van der Waals surface area contributed by atoms with E-state index < -0.39 is 10.0 Å². The van der Waals surface area contributed by atoms with Crippen LogP contribution in [0.4, 0.5) is 0 Å². The topological polar surface area (TPSA) is 73.8 Å². The molecule has 0 aromatic heterocycles. The molecule has 0 saturated carbocycles. The van der Waals surface area contributed by atoms with Crippen molar-refractivity contribution in [3.63, 3.8) is 0 Å². The Kier molecular flexibility index (Phi) is 9.73. The number of nitrogens with one attached hydrogen (secondary N) is 2. The van der Waals surface area contributed by atoms with Gasteiger partial charge in [0.05, 0.1) is 4.90 Å². The monoisotopic (exact) mass is 480 g/mol. The molecule has 1 saturated heterocycles. The van der Waals surface area contributed by atoms with Crippen molar-refractivity contribution in [1.29, 1.82) is 0 Å². The summed E-state index contributed by atoms with van der Waals surface area (Å²) in [6.45, 7) is 4.72.